The Morgan fingerprint density at radius 3 is 2.55 bits per heavy atom. The zero-order valence-corrected chi connectivity index (χ0v) is 18.2. The molecule has 0 atom stereocenters. The Kier molecular flexibility index (Phi) is 5.78. The Labute approximate surface area is 195 Å². The normalized spacial score (nSPS) is 12.6. The van der Waals surface area contributed by atoms with Gasteiger partial charge in [0.25, 0.3) is 5.91 Å². The van der Waals surface area contributed by atoms with E-state index in [1.54, 1.807) is 35.2 Å². The summed E-state index contributed by atoms with van der Waals surface area (Å²) in [4.78, 5) is 12.4. The molecular formula is C25H19ClN4O3. The molecule has 164 valence electrons. The summed E-state index contributed by atoms with van der Waals surface area (Å²) >= 11 is 5.89. The van der Waals surface area contributed by atoms with E-state index in [0.29, 0.717) is 41.0 Å². The van der Waals surface area contributed by atoms with Gasteiger partial charge in [0.2, 0.25) is 0 Å². The van der Waals surface area contributed by atoms with Crippen molar-refractivity contribution in [3.63, 3.8) is 0 Å². The Morgan fingerprint density at radius 2 is 1.76 bits per heavy atom. The Morgan fingerprint density at radius 1 is 1.00 bits per heavy atom. The fourth-order valence-corrected chi connectivity index (χ4v) is 3.56. The molecule has 1 aliphatic heterocycles. The number of carbonyl (C=O) groups is 1. The van der Waals surface area contributed by atoms with Crippen LogP contribution in [0.25, 0.3) is 16.9 Å². The zero-order chi connectivity index (χ0) is 22.6. The number of rotatable bonds is 5. The predicted octanol–water partition coefficient (Wildman–Crippen LogP) is 4.73. The molecule has 1 aliphatic rings. The quantitative estimate of drug-likeness (QED) is 0.346. The minimum atomic E-state index is -0.334. The third-order valence-corrected chi connectivity index (χ3v) is 5.31. The number of benzene rings is 3. The number of hydrogen-bond acceptors (Lipinski definition) is 5. The van der Waals surface area contributed by atoms with Crippen molar-refractivity contribution in [1.29, 1.82) is 0 Å². The molecule has 1 aromatic heterocycles. The topological polar surface area (TPSA) is 77.7 Å². The van der Waals surface area contributed by atoms with Crippen molar-refractivity contribution in [2.24, 2.45) is 5.10 Å². The number of aromatic nitrogens is 2. The van der Waals surface area contributed by atoms with Crippen LogP contribution in [0.3, 0.4) is 0 Å². The van der Waals surface area contributed by atoms with Crippen LogP contribution < -0.4 is 14.9 Å². The van der Waals surface area contributed by atoms with Crippen molar-refractivity contribution in [3.8, 4) is 28.4 Å². The number of nitrogens with zero attached hydrogens (tertiary/aromatic N) is 3. The first-order chi connectivity index (χ1) is 16.2. The number of halogens is 1. The highest BCUT2D eigenvalue weighted by Crippen LogP contribution is 2.35. The smallest absolute Gasteiger partial charge is 0.271 e. The lowest BCUT2D eigenvalue weighted by Gasteiger charge is -2.18. The van der Waals surface area contributed by atoms with Gasteiger partial charge < -0.3 is 9.47 Å². The van der Waals surface area contributed by atoms with Crippen LogP contribution in [0.2, 0.25) is 5.02 Å². The van der Waals surface area contributed by atoms with Crippen molar-refractivity contribution >= 4 is 23.7 Å². The van der Waals surface area contributed by atoms with Gasteiger partial charge in [-0.3, -0.25) is 4.79 Å². The number of fused-ring (bicyclic) bond motifs is 1. The highest BCUT2D eigenvalue weighted by molar-refractivity contribution is 6.30. The summed E-state index contributed by atoms with van der Waals surface area (Å²) < 4.78 is 13.1. The number of hydrazone groups is 1. The number of nitrogens with one attached hydrogen (secondary N) is 1. The summed E-state index contributed by atoms with van der Waals surface area (Å²) in [6.45, 7) is 1.03. The van der Waals surface area contributed by atoms with Gasteiger partial charge in [-0.1, -0.05) is 29.8 Å². The van der Waals surface area contributed by atoms with Crippen LogP contribution in [0.15, 0.2) is 84.1 Å². The van der Waals surface area contributed by atoms with E-state index in [-0.39, 0.29) is 5.91 Å². The average Bonchev–Trinajstić information content (AvgIpc) is 3.29. The lowest BCUT2D eigenvalue weighted by atomic mass is 10.1. The van der Waals surface area contributed by atoms with Crippen LogP contribution in [-0.4, -0.2) is 35.1 Å². The number of ether oxygens (including phenoxy) is 2. The molecule has 3 aromatic carbocycles. The summed E-state index contributed by atoms with van der Waals surface area (Å²) in [7, 11) is 0. The van der Waals surface area contributed by atoms with Gasteiger partial charge in [-0.15, -0.1) is 0 Å². The molecule has 33 heavy (non-hydrogen) atoms. The number of amides is 1. The molecule has 1 N–H and O–H groups in total. The van der Waals surface area contributed by atoms with Gasteiger partial charge in [0.1, 0.15) is 18.9 Å². The van der Waals surface area contributed by atoms with Crippen LogP contribution in [0.4, 0.5) is 0 Å². The second-order valence-corrected chi connectivity index (χ2v) is 7.71. The fraction of sp³-hybridized carbons (Fsp3) is 0.0800. The lowest BCUT2D eigenvalue weighted by molar-refractivity contribution is 0.0955. The van der Waals surface area contributed by atoms with Gasteiger partial charge in [-0.05, 0) is 54.6 Å². The third-order valence-electron chi connectivity index (χ3n) is 5.06. The van der Waals surface area contributed by atoms with Crippen molar-refractivity contribution in [1.82, 2.24) is 15.2 Å². The zero-order valence-electron chi connectivity index (χ0n) is 17.4. The third kappa shape index (κ3) is 4.58. The molecule has 0 spiro atoms. The summed E-state index contributed by atoms with van der Waals surface area (Å²) in [6.07, 6.45) is 3.44. The Bertz CT molecular complexity index is 1320. The van der Waals surface area contributed by atoms with Crippen molar-refractivity contribution in [2.75, 3.05) is 13.2 Å². The summed E-state index contributed by atoms with van der Waals surface area (Å²) in [6, 6.07) is 22.1. The van der Waals surface area contributed by atoms with Gasteiger partial charge in [-0.2, -0.15) is 10.2 Å². The molecule has 2 heterocycles. The first-order valence-electron chi connectivity index (χ1n) is 10.3. The fourth-order valence-electron chi connectivity index (χ4n) is 3.44. The van der Waals surface area contributed by atoms with Crippen LogP contribution >= 0.6 is 11.6 Å². The minimum Gasteiger partial charge on any atom is -0.486 e. The van der Waals surface area contributed by atoms with Crippen LogP contribution in [0.5, 0.6) is 11.5 Å². The maximum absolute atomic E-state index is 12.4. The maximum atomic E-state index is 12.4. The molecule has 1 amide bonds. The van der Waals surface area contributed by atoms with Crippen LogP contribution in [0, 0.1) is 0 Å². The first-order valence-corrected chi connectivity index (χ1v) is 10.7. The van der Waals surface area contributed by atoms with Gasteiger partial charge in [0.15, 0.2) is 11.5 Å². The molecule has 0 saturated heterocycles. The standard InChI is InChI=1S/C25H19ClN4O3/c26-20-9-6-17(7-10-20)25(31)28-27-15-19-16-30(21-4-2-1-3-5-21)29-24(19)18-8-11-22-23(14-18)33-13-12-32-22/h1-11,14-16H,12-13H2,(H,28,31). The molecule has 8 heteroatoms. The van der Waals surface area contributed by atoms with E-state index in [1.807, 2.05) is 54.7 Å². The van der Waals surface area contributed by atoms with Gasteiger partial charge in [0, 0.05) is 27.9 Å². The summed E-state index contributed by atoms with van der Waals surface area (Å²) in [5.74, 6) is 1.05. The second kappa shape index (κ2) is 9.18. The largest absolute Gasteiger partial charge is 0.486 e. The average molecular weight is 459 g/mol. The van der Waals surface area contributed by atoms with E-state index < -0.39 is 0 Å². The van der Waals surface area contributed by atoms with Gasteiger partial charge >= 0.3 is 0 Å². The van der Waals surface area contributed by atoms with Crippen molar-refractivity contribution in [2.45, 2.75) is 0 Å². The highest BCUT2D eigenvalue weighted by Gasteiger charge is 2.17. The number of hydrogen-bond donors (Lipinski definition) is 1. The lowest BCUT2D eigenvalue weighted by Crippen LogP contribution is -2.17. The van der Waals surface area contributed by atoms with E-state index in [0.717, 1.165) is 16.8 Å². The molecule has 7 nitrogen and oxygen atoms in total. The van der Waals surface area contributed by atoms with Gasteiger partial charge in [-0.25, -0.2) is 10.1 Å². The van der Waals surface area contributed by atoms with E-state index in [9.17, 15) is 4.79 Å². The van der Waals surface area contributed by atoms with Crippen LogP contribution in [0.1, 0.15) is 15.9 Å². The van der Waals surface area contributed by atoms with Gasteiger partial charge in [0.05, 0.1) is 11.9 Å². The van der Waals surface area contributed by atoms with E-state index in [1.165, 1.54) is 0 Å². The second-order valence-electron chi connectivity index (χ2n) is 7.28. The molecule has 0 saturated carbocycles. The van der Waals surface area contributed by atoms with E-state index >= 15 is 0 Å². The molecule has 4 aromatic rings. The first kappa shape index (κ1) is 20.8. The predicted molar refractivity (Wildman–Crippen MR) is 127 cm³/mol. The number of para-hydroxylation sites is 1. The molecule has 0 unspecified atom stereocenters. The Hall–Kier alpha value is -4.10. The van der Waals surface area contributed by atoms with Crippen LogP contribution in [-0.2, 0) is 0 Å². The SMILES string of the molecule is O=C(NN=Cc1cn(-c2ccccc2)nc1-c1ccc2c(c1)OCCO2)c1ccc(Cl)cc1. The van der Waals surface area contributed by atoms with E-state index in [2.05, 4.69) is 10.5 Å². The van der Waals surface area contributed by atoms with Crippen molar-refractivity contribution in [3.05, 3.63) is 95.1 Å². The van der Waals surface area contributed by atoms with Crippen molar-refractivity contribution < 1.29 is 14.3 Å². The summed E-state index contributed by atoms with van der Waals surface area (Å²) in [5, 5.41) is 9.48. The molecule has 0 bridgehead atoms. The molecular weight excluding hydrogens is 440 g/mol. The number of carbonyl (C=O) groups excluding carboxylic acids is 1. The highest BCUT2D eigenvalue weighted by atomic mass is 35.5. The molecule has 0 aliphatic carbocycles. The monoisotopic (exact) mass is 458 g/mol. The molecule has 5 rings (SSSR count). The minimum absolute atomic E-state index is 0.334. The molecule has 0 fully saturated rings. The van der Waals surface area contributed by atoms with E-state index in [4.69, 9.17) is 26.2 Å². The maximum Gasteiger partial charge on any atom is 0.271 e. The Balaban J connectivity index is 1.46. The summed E-state index contributed by atoms with van der Waals surface area (Å²) in [5.41, 5.74) is 6.19. The molecule has 0 radical (unpaired) electrons.